The number of aryl methyl sites for hydroxylation is 1. The molecule has 4 nitrogen and oxygen atoms in total. The summed E-state index contributed by atoms with van der Waals surface area (Å²) in [5, 5.41) is 10.5. The molecule has 0 bridgehead atoms. The Morgan fingerprint density at radius 1 is 1.47 bits per heavy atom. The van der Waals surface area contributed by atoms with E-state index in [4.69, 9.17) is 5.73 Å². The standard InChI is InChI=1S/C9H10F2N2O2/c1-5-2-3-6(8(12)9(10)11)4-7(5)13(14)15/h2-4,8-9H,12H2,1H3. The molecule has 1 atom stereocenters. The summed E-state index contributed by atoms with van der Waals surface area (Å²) < 4.78 is 24.5. The molecule has 0 aromatic heterocycles. The van der Waals surface area contributed by atoms with E-state index in [1.54, 1.807) is 0 Å². The molecule has 2 N–H and O–H groups in total. The summed E-state index contributed by atoms with van der Waals surface area (Å²) in [6, 6.07) is 2.39. The van der Waals surface area contributed by atoms with Gasteiger partial charge in [0.15, 0.2) is 0 Å². The average Bonchev–Trinajstić information content (AvgIpc) is 2.16. The van der Waals surface area contributed by atoms with Crippen molar-refractivity contribution in [2.45, 2.75) is 19.4 Å². The van der Waals surface area contributed by atoms with E-state index in [-0.39, 0.29) is 11.3 Å². The molecule has 6 heteroatoms. The van der Waals surface area contributed by atoms with Crippen molar-refractivity contribution in [3.8, 4) is 0 Å². The third kappa shape index (κ3) is 2.47. The zero-order valence-corrected chi connectivity index (χ0v) is 7.98. The van der Waals surface area contributed by atoms with Crippen LogP contribution >= 0.6 is 0 Å². The fourth-order valence-corrected chi connectivity index (χ4v) is 1.18. The molecule has 1 aromatic rings. The second-order valence-corrected chi connectivity index (χ2v) is 3.16. The van der Waals surface area contributed by atoms with Gasteiger partial charge in [0.2, 0.25) is 0 Å². The molecule has 0 saturated carbocycles. The first-order valence-electron chi connectivity index (χ1n) is 4.22. The molecule has 15 heavy (non-hydrogen) atoms. The van der Waals surface area contributed by atoms with Crippen LogP contribution in [0.3, 0.4) is 0 Å². The molecule has 0 aliphatic heterocycles. The predicted octanol–water partition coefficient (Wildman–Crippen LogP) is 2.17. The minimum absolute atomic E-state index is 0.0716. The second-order valence-electron chi connectivity index (χ2n) is 3.16. The normalized spacial score (nSPS) is 12.9. The van der Waals surface area contributed by atoms with Crippen molar-refractivity contribution < 1.29 is 13.7 Å². The minimum atomic E-state index is -2.73. The number of nitrogens with two attached hydrogens (primary N) is 1. The topological polar surface area (TPSA) is 69.2 Å². The molecule has 0 heterocycles. The average molecular weight is 216 g/mol. The van der Waals surface area contributed by atoms with Crippen molar-refractivity contribution in [1.29, 1.82) is 0 Å². The first-order valence-corrected chi connectivity index (χ1v) is 4.22. The van der Waals surface area contributed by atoms with Crippen LogP contribution in [-0.2, 0) is 0 Å². The summed E-state index contributed by atoms with van der Waals surface area (Å²) in [7, 11) is 0. The summed E-state index contributed by atoms with van der Waals surface area (Å²) in [4.78, 5) is 9.93. The van der Waals surface area contributed by atoms with Crippen LogP contribution in [0.4, 0.5) is 14.5 Å². The van der Waals surface area contributed by atoms with E-state index in [1.165, 1.54) is 19.1 Å². The van der Waals surface area contributed by atoms with Gasteiger partial charge in [-0.1, -0.05) is 12.1 Å². The molecule has 0 fully saturated rings. The third-order valence-corrected chi connectivity index (χ3v) is 2.09. The number of halogens is 2. The van der Waals surface area contributed by atoms with Gasteiger partial charge in [0.1, 0.15) is 0 Å². The van der Waals surface area contributed by atoms with Crippen LogP contribution in [0.1, 0.15) is 17.2 Å². The molecule has 0 saturated heterocycles. The van der Waals surface area contributed by atoms with E-state index < -0.39 is 17.4 Å². The van der Waals surface area contributed by atoms with Crippen molar-refractivity contribution in [3.05, 3.63) is 39.4 Å². The van der Waals surface area contributed by atoms with E-state index in [0.717, 1.165) is 6.07 Å². The third-order valence-electron chi connectivity index (χ3n) is 2.09. The van der Waals surface area contributed by atoms with Crippen LogP contribution < -0.4 is 5.73 Å². The molecule has 0 radical (unpaired) electrons. The van der Waals surface area contributed by atoms with Crippen molar-refractivity contribution in [2.75, 3.05) is 0 Å². The predicted molar refractivity (Wildman–Crippen MR) is 50.8 cm³/mol. The molecule has 1 aromatic carbocycles. The molecule has 0 aliphatic rings. The number of nitro groups is 1. The smallest absolute Gasteiger partial charge is 0.272 e. The van der Waals surface area contributed by atoms with Gasteiger partial charge >= 0.3 is 0 Å². The van der Waals surface area contributed by atoms with Crippen molar-refractivity contribution in [2.24, 2.45) is 5.73 Å². The number of alkyl halides is 2. The Hall–Kier alpha value is -1.56. The van der Waals surface area contributed by atoms with Crippen LogP contribution in [0, 0.1) is 17.0 Å². The van der Waals surface area contributed by atoms with E-state index in [0.29, 0.717) is 5.56 Å². The van der Waals surface area contributed by atoms with Crippen LogP contribution in [-0.4, -0.2) is 11.3 Å². The van der Waals surface area contributed by atoms with Crippen molar-refractivity contribution >= 4 is 5.69 Å². The van der Waals surface area contributed by atoms with Gasteiger partial charge in [0.05, 0.1) is 11.0 Å². The number of benzene rings is 1. The lowest BCUT2D eigenvalue weighted by Crippen LogP contribution is -2.19. The largest absolute Gasteiger partial charge is 0.319 e. The van der Waals surface area contributed by atoms with E-state index >= 15 is 0 Å². The quantitative estimate of drug-likeness (QED) is 0.621. The minimum Gasteiger partial charge on any atom is -0.319 e. The first-order chi connectivity index (χ1) is 6.93. The summed E-state index contributed by atoms with van der Waals surface area (Å²) in [6.45, 7) is 1.54. The Labute approximate surface area is 84.9 Å². The van der Waals surface area contributed by atoms with Crippen LogP contribution in [0.15, 0.2) is 18.2 Å². The first kappa shape index (κ1) is 11.5. The van der Waals surface area contributed by atoms with Gasteiger partial charge in [0.25, 0.3) is 12.1 Å². The highest BCUT2D eigenvalue weighted by molar-refractivity contribution is 5.43. The summed E-state index contributed by atoms with van der Waals surface area (Å²) in [6.07, 6.45) is -2.73. The summed E-state index contributed by atoms with van der Waals surface area (Å²) >= 11 is 0. The number of nitrogens with zero attached hydrogens (tertiary/aromatic N) is 1. The second kappa shape index (κ2) is 4.31. The molecular weight excluding hydrogens is 206 g/mol. The fourth-order valence-electron chi connectivity index (χ4n) is 1.18. The summed E-state index contributed by atoms with van der Waals surface area (Å²) in [5.41, 5.74) is 5.49. The lowest BCUT2D eigenvalue weighted by Gasteiger charge is -2.10. The highest BCUT2D eigenvalue weighted by Crippen LogP contribution is 2.25. The molecule has 0 spiro atoms. The molecule has 1 rings (SSSR count). The molecule has 82 valence electrons. The zero-order valence-electron chi connectivity index (χ0n) is 7.98. The number of rotatable bonds is 3. The Bertz CT molecular complexity index is 382. The summed E-state index contributed by atoms with van der Waals surface area (Å²) in [5.74, 6) is 0. The Balaban J connectivity index is 3.13. The van der Waals surface area contributed by atoms with E-state index in [1.807, 2.05) is 0 Å². The SMILES string of the molecule is Cc1ccc(C(N)C(F)F)cc1[N+](=O)[O-]. The van der Waals surface area contributed by atoms with Crippen LogP contribution in [0.2, 0.25) is 0 Å². The maximum absolute atomic E-state index is 12.3. The highest BCUT2D eigenvalue weighted by Gasteiger charge is 2.20. The van der Waals surface area contributed by atoms with Gasteiger partial charge in [-0.25, -0.2) is 8.78 Å². The Morgan fingerprint density at radius 3 is 2.53 bits per heavy atom. The highest BCUT2D eigenvalue weighted by atomic mass is 19.3. The van der Waals surface area contributed by atoms with Gasteiger partial charge in [-0.05, 0) is 12.5 Å². The van der Waals surface area contributed by atoms with Gasteiger partial charge in [-0.2, -0.15) is 0 Å². The fraction of sp³-hybridized carbons (Fsp3) is 0.333. The molecule has 0 amide bonds. The maximum atomic E-state index is 12.3. The monoisotopic (exact) mass is 216 g/mol. The van der Waals surface area contributed by atoms with Crippen LogP contribution in [0.5, 0.6) is 0 Å². The molecule has 0 aliphatic carbocycles. The van der Waals surface area contributed by atoms with Crippen molar-refractivity contribution in [1.82, 2.24) is 0 Å². The van der Waals surface area contributed by atoms with Gasteiger partial charge < -0.3 is 5.73 Å². The number of hydrogen-bond acceptors (Lipinski definition) is 3. The van der Waals surface area contributed by atoms with Gasteiger partial charge in [-0.3, -0.25) is 10.1 Å². The molecule has 1 unspecified atom stereocenters. The number of nitro benzene ring substituents is 1. The Morgan fingerprint density at radius 2 is 2.07 bits per heavy atom. The maximum Gasteiger partial charge on any atom is 0.272 e. The Kier molecular flexibility index (Phi) is 3.31. The lowest BCUT2D eigenvalue weighted by molar-refractivity contribution is -0.385. The zero-order chi connectivity index (χ0) is 11.6. The lowest BCUT2D eigenvalue weighted by atomic mass is 10.0. The van der Waals surface area contributed by atoms with E-state index in [9.17, 15) is 18.9 Å². The van der Waals surface area contributed by atoms with Crippen molar-refractivity contribution in [3.63, 3.8) is 0 Å². The van der Waals surface area contributed by atoms with Crippen LogP contribution in [0.25, 0.3) is 0 Å². The van der Waals surface area contributed by atoms with E-state index in [2.05, 4.69) is 0 Å². The van der Waals surface area contributed by atoms with Gasteiger partial charge in [-0.15, -0.1) is 0 Å². The van der Waals surface area contributed by atoms with Gasteiger partial charge in [0, 0.05) is 11.6 Å². The molecular formula is C9H10F2N2O2. The number of hydrogen-bond donors (Lipinski definition) is 1.